The van der Waals surface area contributed by atoms with E-state index in [1.165, 1.54) is 6.92 Å². The van der Waals surface area contributed by atoms with Gasteiger partial charge < -0.3 is 4.74 Å². The van der Waals surface area contributed by atoms with E-state index in [1.807, 2.05) is 30.3 Å². The van der Waals surface area contributed by atoms with Gasteiger partial charge in [0.05, 0.1) is 6.42 Å². The van der Waals surface area contributed by atoms with Crippen molar-refractivity contribution >= 4 is 24.3 Å². The first-order chi connectivity index (χ1) is 8.09. The standard InChI is InChI=1S/C12H16N2O3.ClH/c1-10(15)14(13)8-7-12(16)17-9-11-5-3-2-4-6-11;/h2-6H,7-9,13H2,1H3;1H. The Balaban J connectivity index is 0.00000289. The summed E-state index contributed by atoms with van der Waals surface area (Å²) in [7, 11) is 0. The van der Waals surface area contributed by atoms with Crippen molar-refractivity contribution in [1.82, 2.24) is 5.01 Å². The molecule has 0 saturated heterocycles. The van der Waals surface area contributed by atoms with E-state index < -0.39 is 0 Å². The van der Waals surface area contributed by atoms with Gasteiger partial charge in [-0.1, -0.05) is 30.3 Å². The van der Waals surface area contributed by atoms with Crippen molar-refractivity contribution in [1.29, 1.82) is 0 Å². The molecule has 0 saturated carbocycles. The highest BCUT2D eigenvalue weighted by molar-refractivity contribution is 5.85. The molecule has 1 aromatic carbocycles. The molecule has 0 aliphatic rings. The molecular formula is C12H17ClN2O3. The summed E-state index contributed by atoms with van der Waals surface area (Å²) in [6.07, 6.45) is 0.100. The molecular weight excluding hydrogens is 256 g/mol. The average Bonchev–Trinajstić information content (AvgIpc) is 2.34. The molecule has 1 amide bonds. The lowest BCUT2D eigenvalue weighted by molar-refractivity contribution is -0.145. The van der Waals surface area contributed by atoms with Crippen molar-refractivity contribution in [3.63, 3.8) is 0 Å². The van der Waals surface area contributed by atoms with Crippen LogP contribution in [0, 0.1) is 0 Å². The molecule has 0 fully saturated rings. The van der Waals surface area contributed by atoms with Gasteiger partial charge in [-0.2, -0.15) is 0 Å². The van der Waals surface area contributed by atoms with Gasteiger partial charge in [0.1, 0.15) is 6.61 Å². The zero-order valence-electron chi connectivity index (χ0n) is 10.2. The summed E-state index contributed by atoms with van der Waals surface area (Å²) in [5, 5.41) is 0.990. The van der Waals surface area contributed by atoms with E-state index in [-0.39, 0.29) is 43.9 Å². The number of ether oxygens (including phenoxy) is 1. The number of carbonyl (C=O) groups is 2. The molecule has 0 unspecified atom stereocenters. The predicted octanol–water partition coefficient (Wildman–Crippen LogP) is 1.26. The number of hydrogen-bond donors (Lipinski definition) is 1. The molecule has 1 rings (SSSR count). The number of esters is 1. The molecule has 2 N–H and O–H groups in total. The van der Waals surface area contributed by atoms with Crippen LogP contribution in [-0.2, 0) is 20.9 Å². The minimum atomic E-state index is -0.370. The third-order valence-corrected chi connectivity index (χ3v) is 2.20. The molecule has 0 aromatic heterocycles. The zero-order chi connectivity index (χ0) is 12.7. The van der Waals surface area contributed by atoms with Gasteiger partial charge >= 0.3 is 5.97 Å². The van der Waals surface area contributed by atoms with Crippen molar-refractivity contribution in [3.05, 3.63) is 35.9 Å². The monoisotopic (exact) mass is 272 g/mol. The summed E-state index contributed by atoms with van der Waals surface area (Å²) in [5.74, 6) is 4.70. The highest BCUT2D eigenvalue weighted by Gasteiger charge is 2.08. The van der Waals surface area contributed by atoms with Crippen molar-refractivity contribution in [2.75, 3.05) is 6.54 Å². The number of nitrogens with zero attached hydrogens (tertiary/aromatic N) is 1. The second-order valence-electron chi connectivity index (χ2n) is 3.61. The number of hydrazine groups is 1. The lowest BCUT2D eigenvalue weighted by atomic mass is 10.2. The normalized spacial score (nSPS) is 9.22. The van der Waals surface area contributed by atoms with Gasteiger partial charge in [-0.05, 0) is 5.56 Å². The van der Waals surface area contributed by atoms with E-state index in [9.17, 15) is 9.59 Å². The Morgan fingerprint density at radius 2 is 1.89 bits per heavy atom. The van der Waals surface area contributed by atoms with Gasteiger partial charge in [-0.15, -0.1) is 12.4 Å². The molecule has 0 radical (unpaired) electrons. The van der Waals surface area contributed by atoms with Crippen LogP contribution in [0.3, 0.4) is 0 Å². The number of benzene rings is 1. The smallest absolute Gasteiger partial charge is 0.307 e. The minimum absolute atomic E-state index is 0. The zero-order valence-corrected chi connectivity index (χ0v) is 11.0. The maximum atomic E-state index is 11.3. The van der Waals surface area contributed by atoms with Crippen molar-refractivity contribution in [2.45, 2.75) is 20.0 Å². The van der Waals surface area contributed by atoms with Crippen molar-refractivity contribution in [3.8, 4) is 0 Å². The summed E-state index contributed by atoms with van der Waals surface area (Å²) in [6, 6.07) is 9.39. The first-order valence-electron chi connectivity index (χ1n) is 5.32. The summed E-state index contributed by atoms with van der Waals surface area (Å²) < 4.78 is 5.03. The SMILES string of the molecule is CC(=O)N(N)CCC(=O)OCc1ccccc1.Cl. The number of rotatable bonds is 5. The molecule has 0 aliphatic heterocycles. The maximum absolute atomic E-state index is 11.3. The first kappa shape index (κ1) is 16.4. The Morgan fingerprint density at radius 1 is 1.28 bits per heavy atom. The Kier molecular flexibility index (Phi) is 7.74. The molecule has 0 aliphatic carbocycles. The molecule has 5 nitrogen and oxygen atoms in total. The van der Waals surface area contributed by atoms with E-state index >= 15 is 0 Å². The van der Waals surface area contributed by atoms with Gasteiger partial charge in [0, 0.05) is 13.5 Å². The Hall–Kier alpha value is -1.59. The Bertz CT molecular complexity index is 384. The number of hydrogen-bond acceptors (Lipinski definition) is 4. The van der Waals surface area contributed by atoms with Gasteiger partial charge in [-0.3, -0.25) is 14.6 Å². The average molecular weight is 273 g/mol. The van der Waals surface area contributed by atoms with Gasteiger partial charge in [-0.25, -0.2) is 5.84 Å². The second-order valence-corrected chi connectivity index (χ2v) is 3.61. The first-order valence-corrected chi connectivity index (χ1v) is 5.32. The topological polar surface area (TPSA) is 72.6 Å². The third-order valence-electron chi connectivity index (χ3n) is 2.20. The van der Waals surface area contributed by atoms with Crippen molar-refractivity contribution < 1.29 is 14.3 Å². The van der Waals surface area contributed by atoms with Crippen LogP contribution in [0.15, 0.2) is 30.3 Å². The summed E-state index contributed by atoms with van der Waals surface area (Å²) in [6.45, 7) is 1.75. The van der Waals surface area contributed by atoms with E-state index in [0.717, 1.165) is 10.6 Å². The van der Waals surface area contributed by atoms with Crippen LogP contribution < -0.4 is 5.84 Å². The maximum Gasteiger partial charge on any atom is 0.307 e. The van der Waals surface area contributed by atoms with Gasteiger partial charge in [0.15, 0.2) is 0 Å². The highest BCUT2D eigenvalue weighted by Crippen LogP contribution is 2.01. The van der Waals surface area contributed by atoms with Gasteiger partial charge in [0.2, 0.25) is 5.91 Å². The summed E-state index contributed by atoms with van der Waals surface area (Å²) in [4.78, 5) is 22.1. The van der Waals surface area contributed by atoms with Crippen LogP contribution >= 0.6 is 12.4 Å². The lowest BCUT2D eigenvalue weighted by Gasteiger charge is -2.13. The summed E-state index contributed by atoms with van der Waals surface area (Å²) >= 11 is 0. The van der Waals surface area contributed by atoms with Crippen LogP contribution in [0.2, 0.25) is 0 Å². The quantitative estimate of drug-likeness (QED) is 0.379. The van der Waals surface area contributed by atoms with Crippen LogP contribution in [0.1, 0.15) is 18.9 Å². The number of amides is 1. The lowest BCUT2D eigenvalue weighted by Crippen LogP contribution is -2.37. The minimum Gasteiger partial charge on any atom is -0.461 e. The fraction of sp³-hybridized carbons (Fsp3) is 0.333. The Morgan fingerprint density at radius 3 is 2.44 bits per heavy atom. The van der Waals surface area contributed by atoms with E-state index in [1.54, 1.807) is 0 Å². The van der Waals surface area contributed by atoms with Crippen LogP contribution in [0.4, 0.5) is 0 Å². The molecule has 100 valence electrons. The Labute approximate surface area is 112 Å². The van der Waals surface area contributed by atoms with Crippen LogP contribution in [-0.4, -0.2) is 23.4 Å². The molecule has 0 spiro atoms. The molecule has 6 heteroatoms. The second kappa shape index (κ2) is 8.49. The third kappa shape index (κ3) is 6.22. The fourth-order valence-electron chi connectivity index (χ4n) is 1.18. The molecule has 0 bridgehead atoms. The highest BCUT2D eigenvalue weighted by atomic mass is 35.5. The predicted molar refractivity (Wildman–Crippen MR) is 69.7 cm³/mol. The summed E-state index contributed by atoms with van der Waals surface area (Å²) in [5.41, 5.74) is 0.928. The van der Waals surface area contributed by atoms with E-state index in [2.05, 4.69) is 0 Å². The van der Waals surface area contributed by atoms with E-state index in [4.69, 9.17) is 10.6 Å². The molecule has 0 heterocycles. The fourth-order valence-corrected chi connectivity index (χ4v) is 1.18. The van der Waals surface area contributed by atoms with Crippen LogP contribution in [0.25, 0.3) is 0 Å². The van der Waals surface area contributed by atoms with E-state index in [0.29, 0.717) is 0 Å². The molecule has 18 heavy (non-hydrogen) atoms. The number of halogens is 1. The van der Waals surface area contributed by atoms with Gasteiger partial charge in [0.25, 0.3) is 0 Å². The number of carbonyl (C=O) groups excluding carboxylic acids is 2. The van der Waals surface area contributed by atoms with Crippen molar-refractivity contribution in [2.24, 2.45) is 5.84 Å². The molecule has 1 aromatic rings. The number of nitrogens with two attached hydrogens (primary N) is 1. The largest absolute Gasteiger partial charge is 0.461 e. The molecule has 0 atom stereocenters. The van der Waals surface area contributed by atoms with Crippen LogP contribution in [0.5, 0.6) is 0 Å².